The van der Waals surface area contributed by atoms with Gasteiger partial charge in [-0.2, -0.15) is 5.10 Å². The molecule has 0 aliphatic heterocycles. The zero-order chi connectivity index (χ0) is 22.2. The monoisotopic (exact) mass is 433 g/mol. The first kappa shape index (κ1) is 20.8. The van der Waals surface area contributed by atoms with E-state index in [2.05, 4.69) is 18.1 Å². The molecule has 158 valence electrons. The van der Waals surface area contributed by atoms with Crippen molar-refractivity contribution in [2.24, 2.45) is 5.14 Å². The van der Waals surface area contributed by atoms with Gasteiger partial charge in [-0.15, -0.1) is 0 Å². The second kappa shape index (κ2) is 8.02. The van der Waals surface area contributed by atoms with Gasteiger partial charge in [0.15, 0.2) is 5.75 Å². The molecule has 1 aromatic heterocycles. The molecule has 0 bridgehead atoms. The van der Waals surface area contributed by atoms with Crippen LogP contribution >= 0.6 is 0 Å². The number of ether oxygens (including phenoxy) is 1. The first-order valence-corrected chi connectivity index (χ1v) is 11.3. The molecule has 3 aromatic carbocycles. The van der Waals surface area contributed by atoms with Crippen LogP contribution < -0.4 is 9.88 Å². The molecular weight excluding hydrogens is 410 g/mol. The molecule has 31 heavy (non-hydrogen) atoms. The van der Waals surface area contributed by atoms with Crippen molar-refractivity contribution in [1.82, 2.24) is 9.78 Å². The maximum Gasteiger partial charge on any atom is 0.238 e. The lowest BCUT2D eigenvalue weighted by molar-refractivity contribution is 0.482. The Labute approximate surface area is 182 Å². The summed E-state index contributed by atoms with van der Waals surface area (Å²) in [6.45, 7) is 6.01. The van der Waals surface area contributed by atoms with E-state index < -0.39 is 10.0 Å². The molecule has 0 spiro atoms. The smallest absolute Gasteiger partial charge is 0.238 e. The zero-order valence-electron chi connectivity index (χ0n) is 17.5. The third-order valence-electron chi connectivity index (χ3n) is 5.00. The number of hydrogen-bond acceptors (Lipinski definition) is 4. The molecular formula is C24H23N3O3S. The van der Waals surface area contributed by atoms with Crippen LogP contribution in [0.3, 0.4) is 0 Å². The molecule has 6 nitrogen and oxygen atoms in total. The molecule has 2 N–H and O–H groups in total. The van der Waals surface area contributed by atoms with E-state index >= 15 is 0 Å². The van der Waals surface area contributed by atoms with Gasteiger partial charge in [0, 0.05) is 5.56 Å². The van der Waals surface area contributed by atoms with Crippen LogP contribution in [0.5, 0.6) is 11.5 Å². The molecule has 0 aliphatic carbocycles. The highest BCUT2D eigenvalue weighted by Gasteiger charge is 2.15. The van der Waals surface area contributed by atoms with Gasteiger partial charge in [-0.05, 0) is 56.2 Å². The van der Waals surface area contributed by atoms with Crippen LogP contribution in [-0.4, -0.2) is 18.2 Å². The average molecular weight is 434 g/mol. The Morgan fingerprint density at radius 2 is 1.55 bits per heavy atom. The van der Waals surface area contributed by atoms with Crippen molar-refractivity contribution in [3.05, 3.63) is 89.7 Å². The predicted octanol–water partition coefficient (Wildman–Crippen LogP) is 4.90. The number of nitrogens with two attached hydrogens (primary N) is 1. The summed E-state index contributed by atoms with van der Waals surface area (Å²) in [6.07, 6.45) is 3.48. The first-order chi connectivity index (χ1) is 14.7. The number of benzene rings is 3. The van der Waals surface area contributed by atoms with Crippen molar-refractivity contribution in [1.29, 1.82) is 0 Å². The van der Waals surface area contributed by atoms with Crippen molar-refractivity contribution in [3.8, 4) is 28.3 Å². The summed E-state index contributed by atoms with van der Waals surface area (Å²) in [5, 5.41) is 9.78. The Bertz CT molecular complexity index is 1360. The van der Waals surface area contributed by atoms with E-state index in [-0.39, 0.29) is 4.90 Å². The summed E-state index contributed by atoms with van der Waals surface area (Å²) < 4.78 is 31.6. The summed E-state index contributed by atoms with van der Waals surface area (Å²) in [4.78, 5) is 0.0986. The molecule has 0 saturated carbocycles. The van der Waals surface area contributed by atoms with Crippen molar-refractivity contribution >= 4 is 10.0 Å². The fraction of sp³-hybridized carbons (Fsp3) is 0.125. The largest absolute Gasteiger partial charge is 0.454 e. The lowest BCUT2D eigenvalue weighted by atomic mass is 10.0. The van der Waals surface area contributed by atoms with Gasteiger partial charge in [0.25, 0.3) is 0 Å². The molecule has 4 rings (SSSR count). The second-order valence-electron chi connectivity index (χ2n) is 7.58. The van der Waals surface area contributed by atoms with Gasteiger partial charge in [-0.3, -0.25) is 0 Å². The lowest BCUT2D eigenvalue weighted by Crippen LogP contribution is -2.13. The second-order valence-corrected chi connectivity index (χ2v) is 9.11. The van der Waals surface area contributed by atoms with E-state index in [1.54, 1.807) is 29.1 Å². The maximum atomic E-state index is 12.0. The van der Waals surface area contributed by atoms with Gasteiger partial charge < -0.3 is 4.74 Å². The number of aromatic nitrogens is 2. The summed E-state index contributed by atoms with van der Waals surface area (Å²) in [7, 11) is -3.83. The van der Waals surface area contributed by atoms with Gasteiger partial charge in [-0.25, -0.2) is 18.2 Å². The van der Waals surface area contributed by atoms with Gasteiger partial charge in [-0.1, -0.05) is 47.5 Å². The van der Waals surface area contributed by atoms with Gasteiger partial charge in [0.05, 0.1) is 23.0 Å². The number of rotatable bonds is 5. The van der Waals surface area contributed by atoms with Gasteiger partial charge in [0.1, 0.15) is 5.75 Å². The van der Waals surface area contributed by atoms with E-state index in [0.29, 0.717) is 17.1 Å². The van der Waals surface area contributed by atoms with Crippen molar-refractivity contribution in [2.45, 2.75) is 25.7 Å². The van der Waals surface area contributed by atoms with Crippen LogP contribution in [0, 0.1) is 20.8 Å². The van der Waals surface area contributed by atoms with E-state index in [0.717, 1.165) is 22.4 Å². The fourth-order valence-corrected chi connectivity index (χ4v) is 4.25. The van der Waals surface area contributed by atoms with Crippen LogP contribution in [-0.2, 0) is 10.0 Å². The molecule has 0 aliphatic rings. The van der Waals surface area contributed by atoms with Crippen LogP contribution in [0.25, 0.3) is 16.8 Å². The summed E-state index contributed by atoms with van der Waals surface area (Å²) >= 11 is 0. The van der Waals surface area contributed by atoms with Crippen molar-refractivity contribution < 1.29 is 13.2 Å². The number of sulfonamides is 1. The zero-order valence-corrected chi connectivity index (χ0v) is 18.3. The topological polar surface area (TPSA) is 87.2 Å². The number of primary sulfonamides is 1. The van der Waals surface area contributed by atoms with Crippen LogP contribution in [0.2, 0.25) is 0 Å². The summed E-state index contributed by atoms with van der Waals surface area (Å²) in [5.74, 6) is 1.22. The standard InChI is InChI=1S/C24H23N3O3S/c1-16-4-10-23(18(3)12-16)27-15-21(14-26-27)30-20-8-6-19(7-9-20)22-13-17(2)5-11-24(22)31(25,28)29/h4-15H,1-3H3,(H2,25,28,29). The molecule has 4 aromatic rings. The molecule has 0 amide bonds. The van der Waals surface area contributed by atoms with Gasteiger partial charge in [0.2, 0.25) is 10.0 Å². The molecule has 0 atom stereocenters. The normalized spacial score (nSPS) is 11.5. The van der Waals surface area contributed by atoms with E-state index in [1.165, 1.54) is 11.6 Å². The highest BCUT2D eigenvalue weighted by molar-refractivity contribution is 7.89. The average Bonchev–Trinajstić information content (AvgIpc) is 3.15. The quantitative estimate of drug-likeness (QED) is 0.485. The number of nitrogens with zero attached hydrogens (tertiary/aromatic N) is 2. The molecule has 0 fully saturated rings. The Morgan fingerprint density at radius 1 is 0.871 bits per heavy atom. The van der Waals surface area contributed by atoms with E-state index in [1.807, 2.05) is 50.4 Å². The molecule has 1 heterocycles. The van der Waals surface area contributed by atoms with Crippen LogP contribution in [0.1, 0.15) is 16.7 Å². The Hall–Kier alpha value is -3.42. The van der Waals surface area contributed by atoms with E-state index in [9.17, 15) is 8.42 Å². The molecule has 0 saturated heterocycles. The fourth-order valence-electron chi connectivity index (χ4n) is 3.51. The molecule has 7 heteroatoms. The third-order valence-corrected chi connectivity index (χ3v) is 5.97. The van der Waals surface area contributed by atoms with Crippen LogP contribution in [0.15, 0.2) is 78.0 Å². The first-order valence-electron chi connectivity index (χ1n) is 9.75. The van der Waals surface area contributed by atoms with Gasteiger partial charge >= 0.3 is 0 Å². The number of aryl methyl sites for hydroxylation is 3. The Balaban J connectivity index is 1.58. The summed E-state index contributed by atoms with van der Waals surface area (Å²) in [5.41, 5.74) is 5.57. The number of hydrogen-bond donors (Lipinski definition) is 1. The maximum absolute atomic E-state index is 12.0. The van der Waals surface area contributed by atoms with Crippen LogP contribution in [0.4, 0.5) is 0 Å². The Morgan fingerprint density at radius 3 is 2.23 bits per heavy atom. The molecule has 0 radical (unpaired) electrons. The summed E-state index contributed by atoms with van der Waals surface area (Å²) in [6, 6.07) is 18.5. The molecule has 0 unspecified atom stereocenters. The highest BCUT2D eigenvalue weighted by atomic mass is 32.2. The van der Waals surface area contributed by atoms with Crippen molar-refractivity contribution in [2.75, 3.05) is 0 Å². The highest BCUT2D eigenvalue weighted by Crippen LogP contribution is 2.30. The lowest BCUT2D eigenvalue weighted by Gasteiger charge is -2.10. The SMILES string of the molecule is Cc1ccc(-n2cc(Oc3ccc(-c4cc(C)ccc4S(N)(=O)=O)cc3)cn2)c(C)c1. The third kappa shape index (κ3) is 4.52. The van der Waals surface area contributed by atoms with Crippen molar-refractivity contribution in [3.63, 3.8) is 0 Å². The minimum Gasteiger partial charge on any atom is -0.454 e. The van der Waals surface area contributed by atoms with E-state index in [4.69, 9.17) is 9.88 Å². The predicted molar refractivity (Wildman–Crippen MR) is 121 cm³/mol. The Kier molecular flexibility index (Phi) is 5.39. The minimum atomic E-state index is -3.83. The minimum absolute atomic E-state index is 0.0986.